The predicted octanol–water partition coefficient (Wildman–Crippen LogP) is 2.45. The fourth-order valence-corrected chi connectivity index (χ4v) is 3.26. The number of hydrogen-bond acceptors (Lipinski definition) is 3. The van der Waals surface area contributed by atoms with E-state index in [4.69, 9.17) is 0 Å². The van der Waals surface area contributed by atoms with Gasteiger partial charge in [-0.15, -0.1) is 0 Å². The van der Waals surface area contributed by atoms with E-state index < -0.39 is 11.4 Å². The monoisotopic (exact) mass is 279 g/mol. The van der Waals surface area contributed by atoms with Crippen molar-refractivity contribution < 1.29 is 9.90 Å². The number of piperidine rings is 1. The van der Waals surface area contributed by atoms with Crippen molar-refractivity contribution in [3.05, 3.63) is 18.0 Å². The largest absolute Gasteiger partial charge is 0.481 e. The molecule has 1 saturated heterocycles. The Hall–Kier alpha value is -1.36. The Morgan fingerprint density at radius 2 is 2.15 bits per heavy atom. The van der Waals surface area contributed by atoms with Gasteiger partial charge in [-0.3, -0.25) is 14.4 Å². The Morgan fingerprint density at radius 1 is 1.50 bits per heavy atom. The predicted molar refractivity (Wildman–Crippen MR) is 77.4 cm³/mol. The van der Waals surface area contributed by atoms with Gasteiger partial charge in [0.05, 0.1) is 11.6 Å². The van der Waals surface area contributed by atoms with Crippen LogP contribution in [0, 0.1) is 5.41 Å². The zero-order valence-electron chi connectivity index (χ0n) is 12.7. The van der Waals surface area contributed by atoms with Crippen LogP contribution in [0.3, 0.4) is 0 Å². The van der Waals surface area contributed by atoms with Crippen molar-refractivity contribution in [1.82, 2.24) is 14.7 Å². The summed E-state index contributed by atoms with van der Waals surface area (Å²) in [6, 6.07) is 0.303. The molecule has 1 aliphatic rings. The molecular formula is C15H25N3O2. The van der Waals surface area contributed by atoms with Gasteiger partial charge in [-0.25, -0.2) is 0 Å². The quantitative estimate of drug-likeness (QED) is 0.899. The van der Waals surface area contributed by atoms with Crippen LogP contribution in [0.15, 0.2) is 12.4 Å². The van der Waals surface area contributed by atoms with E-state index in [1.54, 1.807) is 0 Å². The van der Waals surface area contributed by atoms with E-state index in [0.717, 1.165) is 38.8 Å². The van der Waals surface area contributed by atoms with Crippen LogP contribution in [0.5, 0.6) is 0 Å². The Kier molecular flexibility index (Phi) is 4.48. The maximum absolute atomic E-state index is 11.6. The summed E-state index contributed by atoms with van der Waals surface area (Å²) in [6.07, 6.45) is 7.16. The molecule has 1 atom stereocenters. The zero-order chi connectivity index (χ0) is 14.8. The summed E-state index contributed by atoms with van der Waals surface area (Å²) >= 11 is 0. The lowest BCUT2D eigenvalue weighted by atomic mass is 9.74. The highest BCUT2D eigenvalue weighted by molar-refractivity contribution is 5.74. The molecule has 20 heavy (non-hydrogen) atoms. The molecule has 0 aliphatic carbocycles. The lowest BCUT2D eigenvalue weighted by molar-refractivity contribution is -0.153. The molecule has 5 nitrogen and oxygen atoms in total. The average Bonchev–Trinajstić information content (AvgIpc) is 2.85. The molecule has 0 bridgehead atoms. The molecule has 0 amide bonds. The number of aromatic nitrogens is 2. The highest BCUT2D eigenvalue weighted by Gasteiger charge is 2.41. The Balaban J connectivity index is 2.01. The minimum Gasteiger partial charge on any atom is -0.481 e. The number of carbonyl (C=O) groups is 1. The maximum Gasteiger partial charge on any atom is 0.309 e. The minimum absolute atomic E-state index is 0.303. The summed E-state index contributed by atoms with van der Waals surface area (Å²) in [5.74, 6) is -0.618. The number of likely N-dealkylation sites (tertiary alicyclic amines) is 1. The molecule has 0 saturated carbocycles. The molecule has 1 aromatic heterocycles. The third-order valence-corrected chi connectivity index (χ3v) is 4.69. The molecule has 2 rings (SSSR count). The first kappa shape index (κ1) is 15.0. The van der Waals surface area contributed by atoms with Crippen LogP contribution in [0.2, 0.25) is 0 Å². The average molecular weight is 279 g/mol. The third kappa shape index (κ3) is 2.87. The van der Waals surface area contributed by atoms with Gasteiger partial charge < -0.3 is 5.11 Å². The SMILES string of the molecule is CCCC1(C(=O)O)CCN(C(C)c2cnn(C)c2)CC1. The summed E-state index contributed by atoms with van der Waals surface area (Å²) in [5.41, 5.74) is 0.700. The van der Waals surface area contributed by atoms with Crippen LogP contribution in [0.25, 0.3) is 0 Å². The van der Waals surface area contributed by atoms with Crippen molar-refractivity contribution in [1.29, 1.82) is 0 Å². The van der Waals surface area contributed by atoms with Crippen LogP contribution in [-0.4, -0.2) is 38.8 Å². The van der Waals surface area contributed by atoms with Crippen LogP contribution >= 0.6 is 0 Å². The summed E-state index contributed by atoms with van der Waals surface area (Å²) in [4.78, 5) is 14.0. The normalized spacial score (nSPS) is 20.8. The lowest BCUT2D eigenvalue weighted by Crippen LogP contribution is -2.45. The first-order valence-electron chi connectivity index (χ1n) is 7.44. The van der Waals surface area contributed by atoms with Gasteiger partial charge in [-0.2, -0.15) is 5.10 Å². The Labute approximate surface area is 120 Å². The smallest absolute Gasteiger partial charge is 0.309 e. The van der Waals surface area contributed by atoms with E-state index in [1.807, 2.05) is 24.1 Å². The van der Waals surface area contributed by atoms with Gasteiger partial charge in [0.15, 0.2) is 0 Å². The molecule has 0 radical (unpaired) electrons. The van der Waals surface area contributed by atoms with E-state index in [2.05, 4.69) is 23.8 Å². The molecule has 1 fully saturated rings. The van der Waals surface area contributed by atoms with Gasteiger partial charge in [-0.1, -0.05) is 13.3 Å². The number of rotatable bonds is 5. The second-order valence-corrected chi connectivity index (χ2v) is 5.99. The maximum atomic E-state index is 11.6. The number of nitrogens with zero attached hydrogens (tertiary/aromatic N) is 3. The van der Waals surface area contributed by atoms with E-state index in [1.165, 1.54) is 5.56 Å². The van der Waals surface area contributed by atoms with Crippen molar-refractivity contribution in [2.75, 3.05) is 13.1 Å². The van der Waals surface area contributed by atoms with Crippen molar-refractivity contribution in [2.45, 2.75) is 45.6 Å². The standard InChI is InChI=1S/C15H25N3O2/c1-4-5-15(14(19)20)6-8-18(9-7-15)12(2)13-10-16-17(3)11-13/h10-12H,4-9H2,1-3H3,(H,19,20). The van der Waals surface area contributed by atoms with Crippen molar-refractivity contribution in [3.63, 3.8) is 0 Å². The molecule has 1 aromatic rings. The first-order valence-corrected chi connectivity index (χ1v) is 7.44. The lowest BCUT2D eigenvalue weighted by Gasteiger charge is -2.41. The van der Waals surface area contributed by atoms with Gasteiger partial charge in [0.1, 0.15) is 0 Å². The number of carboxylic acid groups (broad SMARTS) is 1. The number of carboxylic acids is 1. The van der Waals surface area contributed by atoms with E-state index >= 15 is 0 Å². The van der Waals surface area contributed by atoms with E-state index in [0.29, 0.717) is 6.04 Å². The molecular weight excluding hydrogens is 254 g/mol. The van der Waals surface area contributed by atoms with Gasteiger partial charge in [0, 0.05) is 24.8 Å². The number of aliphatic carboxylic acids is 1. The Morgan fingerprint density at radius 3 is 2.60 bits per heavy atom. The van der Waals surface area contributed by atoms with E-state index in [-0.39, 0.29) is 0 Å². The molecule has 5 heteroatoms. The van der Waals surface area contributed by atoms with Crippen molar-refractivity contribution in [3.8, 4) is 0 Å². The number of aryl methyl sites for hydroxylation is 1. The fourth-order valence-electron chi connectivity index (χ4n) is 3.26. The van der Waals surface area contributed by atoms with E-state index in [9.17, 15) is 9.90 Å². The molecule has 0 spiro atoms. The molecule has 1 unspecified atom stereocenters. The summed E-state index contributed by atoms with van der Waals surface area (Å²) < 4.78 is 1.81. The molecule has 1 aliphatic heterocycles. The summed E-state index contributed by atoms with van der Waals surface area (Å²) in [7, 11) is 1.92. The molecule has 112 valence electrons. The van der Waals surface area contributed by atoms with Crippen LogP contribution in [-0.2, 0) is 11.8 Å². The van der Waals surface area contributed by atoms with Crippen molar-refractivity contribution in [2.24, 2.45) is 12.5 Å². The minimum atomic E-state index is -0.618. The van der Waals surface area contributed by atoms with Crippen LogP contribution in [0.1, 0.15) is 51.1 Å². The highest BCUT2D eigenvalue weighted by atomic mass is 16.4. The third-order valence-electron chi connectivity index (χ3n) is 4.69. The molecule has 2 heterocycles. The van der Waals surface area contributed by atoms with Gasteiger partial charge >= 0.3 is 5.97 Å². The zero-order valence-corrected chi connectivity index (χ0v) is 12.7. The second-order valence-electron chi connectivity index (χ2n) is 5.99. The second kappa shape index (κ2) is 5.95. The molecule has 1 N–H and O–H groups in total. The summed E-state index contributed by atoms with van der Waals surface area (Å²) in [6.45, 7) is 5.94. The van der Waals surface area contributed by atoms with Crippen LogP contribution < -0.4 is 0 Å². The first-order chi connectivity index (χ1) is 9.48. The topological polar surface area (TPSA) is 58.4 Å². The van der Waals surface area contributed by atoms with Gasteiger partial charge in [0.2, 0.25) is 0 Å². The summed E-state index contributed by atoms with van der Waals surface area (Å²) in [5, 5.41) is 13.7. The van der Waals surface area contributed by atoms with Crippen molar-refractivity contribution >= 4 is 5.97 Å². The number of hydrogen-bond donors (Lipinski definition) is 1. The Bertz CT molecular complexity index is 461. The highest BCUT2D eigenvalue weighted by Crippen LogP contribution is 2.38. The van der Waals surface area contributed by atoms with Gasteiger partial charge in [-0.05, 0) is 39.3 Å². The fraction of sp³-hybridized carbons (Fsp3) is 0.733. The molecule has 0 aromatic carbocycles. The van der Waals surface area contributed by atoms with Gasteiger partial charge in [0.25, 0.3) is 0 Å². The van der Waals surface area contributed by atoms with Crippen LogP contribution in [0.4, 0.5) is 0 Å².